The number of aliphatic carboxylic acids is 1. The number of carboxylic acids is 1. The summed E-state index contributed by atoms with van der Waals surface area (Å²) in [6, 6.07) is 19.5. The van der Waals surface area contributed by atoms with Gasteiger partial charge >= 0.3 is 5.97 Å². The molecule has 0 fully saturated rings. The maximum absolute atomic E-state index is 12.4. The van der Waals surface area contributed by atoms with E-state index in [1.54, 1.807) is 36.6 Å². The number of nitrogens with zero attached hydrogens (tertiary/aromatic N) is 3. The van der Waals surface area contributed by atoms with Gasteiger partial charge in [0.2, 0.25) is 0 Å². The van der Waals surface area contributed by atoms with Gasteiger partial charge in [-0.1, -0.05) is 42.5 Å². The van der Waals surface area contributed by atoms with Crippen LogP contribution in [-0.4, -0.2) is 47.8 Å². The Kier molecular flexibility index (Phi) is 5.82. The van der Waals surface area contributed by atoms with E-state index in [2.05, 4.69) is 4.98 Å². The number of hydrogen-bond acceptors (Lipinski definition) is 6. The third-order valence-electron chi connectivity index (χ3n) is 5.54. The normalized spacial score (nSPS) is 17.1. The highest BCUT2D eigenvalue weighted by atomic mass is 32.2. The average Bonchev–Trinajstić information content (AvgIpc) is 3.07. The zero-order valence-corrected chi connectivity index (χ0v) is 18.5. The summed E-state index contributed by atoms with van der Waals surface area (Å²) in [4.78, 5) is 16.7. The van der Waals surface area contributed by atoms with Crippen molar-refractivity contribution in [3.8, 4) is 0 Å². The quantitative estimate of drug-likeness (QED) is 0.617. The summed E-state index contributed by atoms with van der Waals surface area (Å²) >= 11 is 0. The molecule has 1 aliphatic rings. The van der Waals surface area contributed by atoms with Gasteiger partial charge in [-0.2, -0.15) is 0 Å². The highest BCUT2D eigenvalue weighted by molar-refractivity contribution is 7.90. The topological polar surface area (TPSA) is 90.8 Å². The van der Waals surface area contributed by atoms with Crippen molar-refractivity contribution in [2.75, 3.05) is 13.3 Å². The van der Waals surface area contributed by atoms with E-state index < -0.39 is 21.8 Å². The van der Waals surface area contributed by atoms with Crippen LogP contribution in [0.2, 0.25) is 0 Å². The standard InChI is InChI=1S/C24H23N3O4S/c1-26-23(24(28)29)21(18-8-10-20(11-9-18)32(2,30)31)22(19-12-14-25-15-13-19)27(26)16-17-6-4-3-5-7-17/h3-15,22H,16H2,1-2H3,(H,28,29). The van der Waals surface area contributed by atoms with Gasteiger partial charge in [-0.3, -0.25) is 4.98 Å². The van der Waals surface area contributed by atoms with E-state index in [1.807, 2.05) is 47.5 Å². The van der Waals surface area contributed by atoms with Crippen molar-refractivity contribution in [2.24, 2.45) is 0 Å². The largest absolute Gasteiger partial charge is 0.477 e. The number of rotatable bonds is 6. The van der Waals surface area contributed by atoms with Crippen LogP contribution in [0.25, 0.3) is 5.57 Å². The van der Waals surface area contributed by atoms with E-state index in [4.69, 9.17) is 0 Å². The summed E-state index contributed by atoms with van der Waals surface area (Å²) in [5.74, 6) is -1.05. The zero-order valence-electron chi connectivity index (χ0n) is 17.7. The smallest absolute Gasteiger partial charge is 0.353 e. The van der Waals surface area contributed by atoms with E-state index in [9.17, 15) is 18.3 Å². The highest BCUT2D eigenvalue weighted by Crippen LogP contribution is 2.45. The van der Waals surface area contributed by atoms with Gasteiger partial charge in [-0.25, -0.2) is 18.2 Å². The molecule has 0 aliphatic carbocycles. The second-order valence-electron chi connectivity index (χ2n) is 7.65. The molecule has 0 saturated carbocycles. The third-order valence-corrected chi connectivity index (χ3v) is 6.67. The van der Waals surface area contributed by atoms with Crippen molar-refractivity contribution in [2.45, 2.75) is 17.5 Å². The first kappa shape index (κ1) is 21.7. The Hall–Kier alpha value is -3.49. The maximum Gasteiger partial charge on any atom is 0.353 e. The van der Waals surface area contributed by atoms with Crippen molar-refractivity contribution in [3.05, 3.63) is 102 Å². The molecular weight excluding hydrogens is 426 g/mol. The summed E-state index contributed by atoms with van der Waals surface area (Å²) in [6.07, 6.45) is 4.51. The molecule has 4 rings (SSSR count). The molecule has 0 amide bonds. The van der Waals surface area contributed by atoms with Gasteiger partial charge in [-0.15, -0.1) is 0 Å². The van der Waals surface area contributed by atoms with E-state index in [-0.39, 0.29) is 10.6 Å². The number of pyridine rings is 1. The van der Waals surface area contributed by atoms with E-state index in [0.29, 0.717) is 17.7 Å². The molecule has 3 aromatic rings. The second-order valence-corrected chi connectivity index (χ2v) is 9.67. The molecule has 1 atom stereocenters. The van der Waals surface area contributed by atoms with Crippen LogP contribution in [0.4, 0.5) is 0 Å². The van der Waals surface area contributed by atoms with Gasteiger partial charge < -0.3 is 10.1 Å². The number of hydrogen-bond donors (Lipinski definition) is 1. The number of hydrazine groups is 1. The molecule has 7 nitrogen and oxygen atoms in total. The number of carbonyl (C=O) groups is 1. The number of benzene rings is 2. The fourth-order valence-corrected chi connectivity index (χ4v) is 4.67. The molecular formula is C24H23N3O4S. The minimum atomic E-state index is -3.36. The number of aromatic nitrogens is 1. The second kappa shape index (κ2) is 8.57. The highest BCUT2D eigenvalue weighted by Gasteiger charge is 2.41. The molecule has 32 heavy (non-hydrogen) atoms. The van der Waals surface area contributed by atoms with Crippen LogP contribution in [0.15, 0.2) is 89.7 Å². The molecule has 1 N–H and O–H groups in total. The Morgan fingerprint density at radius 1 is 1.00 bits per heavy atom. The van der Waals surface area contributed by atoms with Crippen LogP contribution in [-0.2, 0) is 21.2 Å². The molecule has 8 heteroatoms. The molecule has 0 spiro atoms. The molecule has 0 bridgehead atoms. The first-order valence-electron chi connectivity index (χ1n) is 9.99. The van der Waals surface area contributed by atoms with Crippen molar-refractivity contribution in [3.63, 3.8) is 0 Å². The van der Waals surface area contributed by atoms with E-state index >= 15 is 0 Å². The van der Waals surface area contributed by atoms with Gasteiger partial charge in [0.05, 0.1) is 10.9 Å². The molecule has 164 valence electrons. The van der Waals surface area contributed by atoms with Crippen LogP contribution in [0.1, 0.15) is 22.7 Å². The molecule has 0 saturated heterocycles. The maximum atomic E-state index is 12.4. The van der Waals surface area contributed by atoms with Gasteiger partial charge in [0.15, 0.2) is 9.84 Å². The fourth-order valence-electron chi connectivity index (χ4n) is 4.04. The Morgan fingerprint density at radius 2 is 1.62 bits per heavy atom. The van der Waals surface area contributed by atoms with Crippen molar-refractivity contribution in [1.29, 1.82) is 0 Å². The Labute approximate surface area is 187 Å². The van der Waals surface area contributed by atoms with Crippen LogP contribution in [0.5, 0.6) is 0 Å². The average molecular weight is 450 g/mol. The first-order chi connectivity index (χ1) is 15.3. The molecule has 1 aromatic heterocycles. The monoisotopic (exact) mass is 449 g/mol. The third kappa shape index (κ3) is 4.15. The van der Waals surface area contributed by atoms with E-state index in [1.165, 1.54) is 12.1 Å². The van der Waals surface area contributed by atoms with E-state index in [0.717, 1.165) is 17.4 Å². The lowest BCUT2D eigenvalue weighted by molar-refractivity contribution is -0.136. The summed E-state index contributed by atoms with van der Waals surface area (Å²) < 4.78 is 23.8. The first-order valence-corrected chi connectivity index (χ1v) is 11.9. The van der Waals surface area contributed by atoms with Crippen LogP contribution >= 0.6 is 0 Å². The van der Waals surface area contributed by atoms with Gasteiger partial charge in [0.25, 0.3) is 0 Å². The molecule has 2 heterocycles. The Bertz CT molecular complexity index is 1260. The predicted octanol–water partition coefficient (Wildman–Crippen LogP) is 3.38. The minimum absolute atomic E-state index is 0.148. The van der Waals surface area contributed by atoms with Crippen molar-refractivity contribution < 1.29 is 18.3 Å². The van der Waals surface area contributed by atoms with Crippen molar-refractivity contribution in [1.82, 2.24) is 15.0 Å². The summed E-state index contributed by atoms with van der Waals surface area (Å²) in [5.41, 5.74) is 3.33. The lowest BCUT2D eigenvalue weighted by atomic mass is 9.92. The Balaban J connectivity index is 1.87. The molecule has 1 unspecified atom stereocenters. The Morgan fingerprint density at radius 3 is 2.19 bits per heavy atom. The molecule has 1 aliphatic heterocycles. The summed E-state index contributed by atoms with van der Waals surface area (Å²) in [7, 11) is -1.63. The summed E-state index contributed by atoms with van der Waals surface area (Å²) in [6.45, 7) is 0.492. The molecule has 0 radical (unpaired) electrons. The number of carboxylic acid groups (broad SMARTS) is 1. The molecule has 2 aromatic carbocycles. The van der Waals surface area contributed by atoms with Crippen LogP contribution in [0, 0.1) is 0 Å². The fraction of sp³-hybridized carbons (Fsp3) is 0.167. The zero-order chi connectivity index (χ0) is 22.9. The lowest BCUT2D eigenvalue weighted by Gasteiger charge is -2.33. The van der Waals surface area contributed by atoms with Gasteiger partial charge in [0, 0.05) is 37.8 Å². The van der Waals surface area contributed by atoms with Crippen molar-refractivity contribution >= 4 is 21.4 Å². The van der Waals surface area contributed by atoms with Crippen LogP contribution < -0.4 is 0 Å². The summed E-state index contributed by atoms with van der Waals surface area (Å²) in [5, 5.41) is 13.8. The SMILES string of the molecule is CN1C(C(=O)O)=C(c2ccc(S(C)(=O)=O)cc2)C(c2ccncc2)N1Cc1ccccc1. The van der Waals surface area contributed by atoms with Crippen LogP contribution in [0.3, 0.4) is 0 Å². The predicted molar refractivity (Wildman–Crippen MR) is 121 cm³/mol. The van der Waals surface area contributed by atoms with Gasteiger partial charge in [0.1, 0.15) is 5.70 Å². The number of likely N-dealkylation sites (N-methyl/N-ethyl adjacent to an activating group) is 1. The minimum Gasteiger partial charge on any atom is -0.477 e. The number of sulfone groups is 1. The lowest BCUT2D eigenvalue weighted by Crippen LogP contribution is -2.37. The van der Waals surface area contributed by atoms with Gasteiger partial charge in [-0.05, 0) is 41.0 Å².